The smallest absolute Gasteiger partial charge is 0.160 e. The van der Waals surface area contributed by atoms with E-state index in [1.807, 2.05) is 23.5 Å². The Morgan fingerprint density at radius 1 is 0.722 bits per heavy atom. The van der Waals surface area contributed by atoms with E-state index >= 15 is 0 Å². The maximum atomic E-state index is 13.0. The molecule has 0 radical (unpaired) electrons. The summed E-state index contributed by atoms with van der Waals surface area (Å²) in [6, 6.07) is 0. The minimum absolute atomic E-state index is 0.0386. The number of hydrogen-bond donors (Lipinski definition) is 0. The average molecular weight is 531 g/mol. The second-order valence-corrected chi connectivity index (χ2v) is 15.2. The van der Waals surface area contributed by atoms with Gasteiger partial charge in [0.25, 0.3) is 0 Å². The van der Waals surface area contributed by atoms with Gasteiger partial charge in [0.15, 0.2) is 11.6 Å². The van der Waals surface area contributed by atoms with Crippen LogP contribution in [-0.2, 0) is 9.59 Å². The topological polar surface area (TPSA) is 34.1 Å². The van der Waals surface area contributed by atoms with Crippen molar-refractivity contribution in [3.8, 4) is 0 Å². The Labute approximate surface area is 230 Å². The van der Waals surface area contributed by atoms with E-state index in [0.717, 1.165) is 46.6 Å². The summed E-state index contributed by atoms with van der Waals surface area (Å²) in [6.45, 7) is 17.3. The highest BCUT2D eigenvalue weighted by Crippen LogP contribution is 2.39. The molecule has 2 aliphatic rings. The summed E-state index contributed by atoms with van der Waals surface area (Å²) in [4.78, 5) is 25.9. The molecule has 0 aromatic rings. The second-order valence-electron chi connectivity index (χ2n) is 12.1. The van der Waals surface area contributed by atoms with E-state index in [1.165, 1.54) is 25.7 Å². The predicted octanol–water partition coefficient (Wildman–Crippen LogP) is 9.31. The lowest BCUT2D eigenvalue weighted by atomic mass is 9.73. The van der Waals surface area contributed by atoms with Gasteiger partial charge in [0.1, 0.15) is 0 Å². The van der Waals surface area contributed by atoms with Crippen molar-refractivity contribution in [2.45, 2.75) is 117 Å². The number of carbonyl (C=O) groups excluding carboxylic acids is 2. The summed E-state index contributed by atoms with van der Waals surface area (Å²) in [5, 5.41) is 0.744. The van der Waals surface area contributed by atoms with E-state index in [1.54, 1.807) is 0 Å². The summed E-state index contributed by atoms with van der Waals surface area (Å²) in [6.07, 6.45) is 16.7. The fourth-order valence-corrected chi connectivity index (χ4v) is 7.75. The van der Waals surface area contributed by atoms with Gasteiger partial charge in [0.05, 0.1) is 0 Å². The van der Waals surface area contributed by atoms with E-state index in [9.17, 15) is 9.59 Å². The molecule has 4 heteroatoms. The zero-order chi connectivity index (χ0) is 26.9. The molecule has 2 unspecified atom stereocenters. The van der Waals surface area contributed by atoms with Crippen LogP contribution in [0.4, 0.5) is 0 Å². The molecule has 2 aliphatic carbocycles. The van der Waals surface area contributed by atoms with E-state index < -0.39 is 0 Å². The van der Waals surface area contributed by atoms with Crippen LogP contribution < -0.4 is 0 Å². The largest absolute Gasteiger partial charge is 0.294 e. The number of allylic oxidation sites excluding steroid dienone is 8. The number of ketones is 2. The molecular weight excluding hydrogens is 480 g/mol. The third-order valence-corrected chi connectivity index (χ3v) is 10.0. The van der Waals surface area contributed by atoms with Crippen molar-refractivity contribution >= 4 is 35.1 Å². The Morgan fingerprint density at radius 2 is 1.08 bits per heavy atom. The van der Waals surface area contributed by atoms with Crippen molar-refractivity contribution in [3.63, 3.8) is 0 Å². The monoisotopic (exact) mass is 530 g/mol. The van der Waals surface area contributed by atoms with Gasteiger partial charge in [0, 0.05) is 34.5 Å². The standard InChI is InChI=1S/C32H50O2S2/c1-23-15-13-17-31(5,6)29(23)27(33)21-25(3)35-19-11-9-10-12-20-36-26(4)22-28(34)30-24(2)16-14-18-32(30,7)8/h13-16,25-26H,9-12,17-22H2,1-8H3. The molecule has 0 spiro atoms. The summed E-state index contributed by atoms with van der Waals surface area (Å²) in [5.74, 6) is 2.93. The van der Waals surface area contributed by atoms with Crippen LogP contribution in [0.15, 0.2) is 46.6 Å². The number of unbranched alkanes of at least 4 members (excludes halogenated alkanes) is 3. The zero-order valence-corrected chi connectivity index (χ0v) is 25.8. The summed E-state index contributed by atoms with van der Waals surface area (Å²) >= 11 is 3.89. The molecular formula is C32H50O2S2. The molecule has 36 heavy (non-hydrogen) atoms. The lowest BCUT2D eigenvalue weighted by Gasteiger charge is -2.31. The Kier molecular flexibility index (Phi) is 12.3. The SMILES string of the molecule is CC1=C(C(=O)CC(C)SCCCCCCSC(C)CC(=O)C2=C(C)C=CCC2(C)C)C(C)(C)CC=C1. The first kappa shape index (κ1) is 31.2. The molecule has 2 nitrogen and oxygen atoms in total. The highest BCUT2D eigenvalue weighted by Gasteiger charge is 2.32. The molecule has 0 aromatic heterocycles. The van der Waals surface area contributed by atoms with Crippen molar-refractivity contribution in [2.75, 3.05) is 11.5 Å². The van der Waals surface area contributed by atoms with E-state index in [4.69, 9.17) is 0 Å². The van der Waals surface area contributed by atoms with Gasteiger partial charge in [-0.3, -0.25) is 9.59 Å². The van der Waals surface area contributed by atoms with Gasteiger partial charge in [-0.1, -0.05) is 78.7 Å². The minimum atomic E-state index is -0.0386. The molecule has 0 saturated heterocycles. The Morgan fingerprint density at radius 3 is 1.42 bits per heavy atom. The maximum Gasteiger partial charge on any atom is 0.160 e. The van der Waals surface area contributed by atoms with Crippen molar-refractivity contribution in [1.82, 2.24) is 0 Å². The molecule has 0 aromatic carbocycles. The van der Waals surface area contributed by atoms with E-state index in [2.05, 4.69) is 79.7 Å². The fraction of sp³-hybridized carbons (Fsp3) is 0.688. The van der Waals surface area contributed by atoms with Crippen LogP contribution in [0.2, 0.25) is 0 Å². The highest BCUT2D eigenvalue weighted by molar-refractivity contribution is 8.00. The van der Waals surface area contributed by atoms with Gasteiger partial charge >= 0.3 is 0 Å². The van der Waals surface area contributed by atoms with Crippen LogP contribution in [0.1, 0.15) is 107 Å². The second kappa shape index (κ2) is 14.2. The Bertz CT molecular complexity index is 827. The van der Waals surface area contributed by atoms with Crippen molar-refractivity contribution < 1.29 is 9.59 Å². The van der Waals surface area contributed by atoms with E-state index in [0.29, 0.717) is 34.9 Å². The minimum Gasteiger partial charge on any atom is -0.294 e. The van der Waals surface area contributed by atoms with Crippen LogP contribution >= 0.6 is 23.5 Å². The van der Waals surface area contributed by atoms with Gasteiger partial charge in [-0.15, -0.1) is 0 Å². The van der Waals surface area contributed by atoms with Crippen molar-refractivity contribution in [1.29, 1.82) is 0 Å². The number of rotatable bonds is 15. The fourth-order valence-electron chi connectivity index (χ4n) is 5.66. The van der Waals surface area contributed by atoms with E-state index in [-0.39, 0.29) is 10.8 Å². The van der Waals surface area contributed by atoms with Gasteiger partial charge in [-0.2, -0.15) is 23.5 Å². The van der Waals surface area contributed by atoms with Gasteiger partial charge in [-0.25, -0.2) is 0 Å². The third kappa shape index (κ3) is 9.39. The molecule has 0 bridgehead atoms. The van der Waals surface area contributed by atoms with Crippen LogP contribution in [0.5, 0.6) is 0 Å². The van der Waals surface area contributed by atoms with Gasteiger partial charge in [0.2, 0.25) is 0 Å². The van der Waals surface area contributed by atoms with Gasteiger partial charge in [-0.05, 0) is 73.0 Å². The van der Waals surface area contributed by atoms with Crippen LogP contribution in [-0.4, -0.2) is 33.6 Å². The van der Waals surface area contributed by atoms with Crippen LogP contribution in [0.3, 0.4) is 0 Å². The first-order valence-corrected chi connectivity index (χ1v) is 16.0. The lowest BCUT2D eigenvalue weighted by molar-refractivity contribution is -0.117. The highest BCUT2D eigenvalue weighted by atomic mass is 32.2. The summed E-state index contributed by atoms with van der Waals surface area (Å²) in [7, 11) is 0. The van der Waals surface area contributed by atoms with Crippen molar-refractivity contribution in [3.05, 3.63) is 46.6 Å². The molecule has 0 heterocycles. The molecule has 202 valence electrons. The molecule has 0 aliphatic heterocycles. The number of carbonyl (C=O) groups is 2. The first-order valence-electron chi connectivity index (χ1n) is 13.9. The first-order chi connectivity index (χ1) is 16.8. The van der Waals surface area contributed by atoms with Crippen molar-refractivity contribution in [2.24, 2.45) is 10.8 Å². The summed E-state index contributed by atoms with van der Waals surface area (Å²) < 4.78 is 0. The lowest BCUT2D eigenvalue weighted by Crippen LogP contribution is -2.25. The molecule has 0 fully saturated rings. The maximum absolute atomic E-state index is 13.0. The molecule has 2 atom stereocenters. The average Bonchev–Trinajstić information content (AvgIpc) is 2.73. The number of Topliss-reactive ketones (excluding diaryl/α,β-unsaturated/α-hetero) is 2. The number of thioether (sulfide) groups is 2. The summed E-state index contributed by atoms with van der Waals surface area (Å²) in [5.41, 5.74) is 4.29. The predicted molar refractivity (Wildman–Crippen MR) is 162 cm³/mol. The third-order valence-electron chi connectivity index (χ3n) is 7.48. The molecule has 2 rings (SSSR count). The number of hydrogen-bond acceptors (Lipinski definition) is 4. The molecule has 0 N–H and O–H groups in total. The quantitative estimate of drug-likeness (QED) is 0.198. The molecule has 0 saturated carbocycles. The molecule has 0 amide bonds. The van der Waals surface area contributed by atoms with Gasteiger partial charge < -0.3 is 0 Å². The zero-order valence-electron chi connectivity index (χ0n) is 24.2. The van der Waals surface area contributed by atoms with Crippen LogP contribution in [0, 0.1) is 10.8 Å². The normalized spacial score (nSPS) is 20.6. The Balaban J connectivity index is 1.58. The van der Waals surface area contributed by atoms with Crippen LogP contribution in [0.25, 0.3) is 0 Å². The Hall–Kier alpha value is -1.00.